The molecule has 2 rings (SSSR count). The van der Waals surface area contributed by atoms with Gasteiger partial charge in [-0.2, -0.15) is 0 Å². The molecular formula is C15H21N5O. The number of aromatic nitrogens is 3. The van der Waals surface area contributed by atoms with Crippen molar-refractivity contribution in [3.05, 3.63) is 30.6 Å². The van der Waals surface area contributed by atoms with Gasteiger partial charge in [0.15, 0.2) is 5.82 Å². The molecule has 1 aromatic heterocycles. The third-order valence-corrected chi connectivity index (χ3v) is 3.25. The molecule has 0 radical (unpaired) electrons. The van der Waals surface area contributed by atoms with Crippen LogP contribution < -0.4 is 11.1 Å². The first-order valence-corrected chi connectivity index (χ1v) is 7.15. The summed E-state index contributed by atoms with van der Waals surface area (Å²) in [6.07, 6.45) is 5.03. The van der Waals surface area contributed by atoms with Gasteiger partial charge >= 0.3 is 0 Å². The maximum Gasteiger partial charge on any atom is 0.224 e. The van der Waals surface area contributed by atoms with Crippen LogP contribution >= 0.6 is 0 Å². The summed E-state index contributed by atoms with van der Waals surface area (Å²) in [5, 5.41) is 10.8. The molecule has 1 heterocycles. The van der Waals surface area contributed by atoms with E-state index in [1.54, 1.807) is 6.33 Å². The number of benzene rings is 1. The van der Waals surface area contributed by atoms with Crippen molar-refractivity contribution in [3.63, 3.8) is 0 Å². The predicted octanol–water partition coefficient (Wildman–Crippen LogP) is 1.94. The Balaban J connectivity index is 1.88. The molecule has 21 heavy (non-hydrogen) atoms. The zero-order valence-electron chi connectivity index (χ0n) is 12.2. The van der Waals surface area contributed by atoms with Crippen LogP contribution in [0.1, 0.15) is 25.7 Å². The molecule has 6 heteroatoms. The SMILES string of the molecule is Cn1cnnc1-c1ccc(NC(=O)CCCCCN)cc1. The molecule has 0 fully saturated rings. The maximum atomic E-state index is 11.8. The number of anilines is 1. The molecular weight excluding hydrogens is 266 g/mol. The van der Waals surface area contributed by atoms with Crippen LogP contribution in [-0.2, 0) is 11.8 Å². The number of amides is 1. The standard InChI is InChI=1S/C15H21N5O/c1-20-11-17-19-15(20)12-6-8-13(9-7-12)18-14(21)5-3-2-4-10-16/h6-9,11H,2-5,10,16H2,1H3,(H,18,21). The first kappa shape index (κ1) is 15.2. The summed E-state index contributed by atoms with van der Waals surface area (Å²) < 4.78 is 1.85. The Morgan fingerprint density at radius 3 is 2.62 bits per heavy atom. The Morgan fingerprint density at radius 1 is 1.24 bits per heavy atom. The number of hydrogen-bond acceptors (Lipinski definition) is 4. The molecule has 112 valence electrons. The van der Waals surface area contributed by atoms with Crippen molar-refractivity contribution >= 4 is 11.6 Å². The fraction of sp³-hybridized carbons (Fsp3) is 0.400. The molecule has 0 spiro atoms. The highest BCUT2D eigenvalue weighted by molar-refractivity contribution is 5.90. The first-order valence-electron chi connectivity index (χ1n) is 7.15. The molecule has 2 aromatic rings. The van der Waals surface area contributed by atoms with E-state index in [1.165, 1.54) is 0 Å². The third kappa shape index (κ3) is 4.39. The first-order chi connectivity index (χ1) is 10.2. The van der Waals surface area contributed by atoms with E-state index in [4.69, 9.17) is 5.73 Å². The molecule has 1 aromatic carbocycles. The Kier molecular flexibility index (Phi) is 5.45. The molecule has 0 atom stereocenters. The van der Waals surface area contributed by atoms with Crippen LogP contribution in [0, 0.1) is 0 Å². The Morgan fingerprint density at radius 2 is 2.00 bits per heavy atom. The van der Waals surface area contributed by atoms with Gasteiger partial charge in [-0.1, -0.05) is 6.42 Å². The molecule has 0 aliphatic rings. The minimum Gasteiger partial charge on any atom is -0.330 e. The number of nitrogens with two attached hydrogens (primary N) is 1. The average molecular weight is 287 g/mol. The second-order valence-electron chi connectivity index (χ2n) is 4.99. The Labute approximate surface area is 124 Å². The van der Waals surface area contributed by atoms with Gasteiger partial charge in [-0.25, -0.2) is 0 Å². The van der Waals surface area contributed by atoms with Gasteiger partial charge in [0.25, 0.3) is 0 Å². The molecule has 6 nitrogen and oxygen atoms in total. The van der Waals surface area contributed by atoms with Crippen LogP contribution in [0.3, 0.4) is 0 Å². The highest BCUT2D eigenvalue weighted by Crippen LogP contribution is 2.18. The summed E-state index contributed by atoms with van der Waals surface area (Å²) in [5.74, 6) is 0.841. The zero-order chi connectivity index (χ0) is 15.1. The summed E-state index contributed by atoms with van der Waals surface area (Å²) in [6.45, 7) is 0.686. The number of unbranched alkanes of at least 4 members (excludes halogenated alkanes) is 2. The fourth-order valence-electron chi connectivity index (χ4n) is 2.08. The summed E-state index contributed by atoms with van der Waals surface area (Å²) in [5.41, 5.74) is 7.19. The van der Waals surface area contributed by atoms with E-state index in [0.29, 0.717) is 13.0 Å². The lowest BCUT2D eigenvalue weighted by atomic mass is 10.1. The van der Waals surface area contributed by atoms with Gasteiger partial charge in [-0.05, 0) is 43.7 Å². The van der Waals surface area contributed by atoms with Gasteiger partial charge in [0.1, 0.15) is 6.33 Å². The van der Waals surface area contributed by atoms with E-state index in [9.17, 15) is 4.79 Å². The summed E-state index contributed by atoms with van der Waals surface area (Å²) in [6, 6.07) is 7.60. The minimum absolute atomic E-state index is 0.0402. The zero-order valence-corrected chi connectivity index (χ0v) is 12.2. The minimum atomic E-state index is 0.0402. The van der Waals surface area contributed by atoms with Crippen molar-refractivity contribution in [1.29, 1.82) is 0 Å². The Bertz CT molecular complexity index is 576. The summed E-state index contributed by atoms with van der Waals surface area (Å²) in [4.78, 5) is 11.8. The van der Waals surface area contributed by atoms with Crippen LogP contribution in [0.2, 0.25) is 0 Å². The number of rotatable bonds is 7. The molecule has 0 saturated carbocycles. The van der Waals surface area contributed by atoms with Crippen LogP contribution in [0.4, 0.5) is 5.69 Å². The van der Waals surface area contributed by atoms with Crippen LogP contribution in [-0.4, -0.2) is 27.2 Å². The molecule has 0 bridgehead atoms. The van der Waals surface area contributed by atoms with Gasteiger partial charge < -0.3 is 15.6 Å². The van der Waals surface area contributed by atoms with Crippen LogP contribution in [0.5, 0.6) is 0 Å². The molecule has 0 saturated heterocycles. The molecule has 3 N–H and O–H groups in total. The summed E-state index contributed by atoms with van der Waals surface area (Å²) in [7, 11) is 1.90. The third-order valence-electron chi connectivity index (χ3n) is 3.25. The fourth-order valence-corrected chi connectivity index (χ4v) is 2.08. The predicted molar refractivity (Wildman–Crippen MR) is 82.6 cm³/mol. The van der Waals surface area contributed by atoms with Gasteiger partial charge in [-0.15, -0.1) is 10.2 Å². The second kappa shape index (κ2) is 7.54. The molecule has 0 aliphatic carbocycles. The molecule has 0 aliphatic heterocycles. The lowest BCUT2D eigenvalue weighted by Crippen LogP contribution is -2.11. The topological polar surface area (TPSA) is 85.8 Å². The van der Waals surface area contributed by atoms with Crippen molar-refractivity contribution in [1.82, 2.24) is 14.8 Å². The van der Waals surface area contributed by atoms with Crippen LogP contribution in [0.25, 0.3) is 11.4 Å². The van der Waals surface area contributed by atoms with Gasteiger partial charge in [0.05, 0.1) is 0 Å². The van der Waals surface area contributed by atoms with Gasteiger partial charge in [-0.3, -0.25) is 4.79 Å². The largest absolute Gasteiger partial charge is 0.330 e. The van der Waals surface area contributed by atoms with E-state index in [1.807, 2.05) is 35.9 Å². The normalized spacial score (nSPS) is 10.6. The van der Waals surface area contributed by atoms with E-state index < -0.39 is 0 Å². The van der Waals surface area contributed by atoms with Crippen molar-refractivity contribution in [2.75, 3.05) is 11.9 Å². The number of aryl methyl sites for hydroxylation is 1. The lowest BCUT2D eigenvalue weighted by Gasteiger charge is -2.06. The van der Waals surface area contributed by atoms with E-state index >= 15 is 0 Å². The molecule has 0 unspecified atom stereocenters. The quantitative estimate of drug-likeness (QED) is 0.762. The van der Waals surface area contributed by atoms with Gasteiger partial charge in [0, 0.05) is 24.7 Å². The number of carbonyl (C=O) groups excluding carboxylic acids is 1. The number of nitrogens with zero attached hydrogens (tertiary/aromatic N) is 3. The number of hydrogen-bond donors (Lipinski definition) is 2. The highest BCUT2D eigenvalue weighted by atomic mass is 16.1. The van der Waals surface area contributed by atoms with Crippen molar-refractivity contribution in [2.45, 2.75) is 25.7 Å². The monoisotopic (exact) mass is 287 g/mol. The van der Waals surface area contributed by atoms with Crippen molar-refractivity contribution < 1.29 is 4.79 Å². The Hall–Kier alpha value is -2.21. The van der Waals surface area contributed by atoms with E-state index in [0.717, 1.165) is 36.3 Å². The van der Waals surface area contributed by atoms with Gasteiger partial charge in [0.2, 0.25) is 5.91 Å². The van der Waals surface area contributed by atoms with E-state index in [2.05, 4.69) is 15.5 Å². The highest BCUT2D eigenvalue weighted by Gasteiger charge is 2.06. The lowest BCUT2D eigenvalue weighted by molar-refractivity contribution is -0.116. The van der Waals surface area contributed by atoms with E-state index in [-0.39, 0.29) is 5.91 Å². The van der Waals surface area contributed by atoms with Crippen molar-refractivity contribution in [3.8, 4) is 11.4 Å². The maximum absolute atomic E-state index is 11.8. The smallest absolute Gasteiger partial charge is 0.224 e. The summed E-state index contributed by atoms with van der Waals surface area (Å²) >= 11 is 0. The van der Waals surface area contributed by atoms with Crippen molar-refractivity contribution in [2.24, 2.45) is 12.8 Å². The van der Waals surface area contributed by atoms with Crippen LogP contribution in [0.15, 0.2) is 30.6 Å². The number of nitrogens with one attached hydrogen (secondary N) is 1. The average Bonchev–Trinajstić information content (AvgIpc) is 2.91. The number of carbonyl (C=O) groups is 1. The second-order valence-corrected chi connectivity index (χ2v) is 4.99. The molecule has 1 amide bonds.